The van der Waals surface area contributed by atoms with Crippen LogP contribution < -0.4 is 11.2 Å². The fraction of sp³-hybridized carbons (Fsp3) is 0.429. The smallest absolute Gasteiger partial charge is 0.331 e. The molecule has 0 radical (unpaired) electrons. The number of thiophene rings is 1. The number of thiol groups is 1. The lowest BCUT2D eigenvalue weighted by molar-refractivity contribution is 0.363. The van der Waals surface area contributed by atoms with Crippen LogP contribution in [0.2, 0.25) is 4.34 Å². The van der Waals surface area contributed by atoms with E-state index in [0.717, 1.165) is 15.1 Å². The Kier molecular flexibility index (Phi) is 9.33. The first-order valence-electron chi connectivity index (χ1n) is 10.1. The summed E-state index contributed by atoms with van der Waals surface area (Å²) in [6.07, 6.45) is 4.65. The fourth-order valence-corrected chi connectivity index (χ4v) is 4.47. The summed E-state index contributed by atoms with van der Waals surface area (Å²) >= 11 is 11.9. The first-order chi connectivity index (χ1) is 14.8. The zero-order chi connectivity index (χ0) is 23.1. The summed E-state index contributed by atoms with van der Waals surface area (Å²) in [5.41, 5.74) is 0.667. The van der Waals surface area contributed by atoms with E-state index in [-0.39, 0.29) is 23.2 Å². The molecule has 3 rings (SSSR count). The molecule has 0 aromatic carbocycles. The average molecular weight is 483 g/mol. The Morgan fingerprint density at radius 1 is 1.26 bits per heavy atom. The van der Waals surface area contributed by atoms with Crippen molar-refractivity contribution >= 4 is 41.6 Å². The molecule has 1 unspecified atom stereocenters. The van der Waals surface area contributed by atoms with Gasteiger partial charge in [-0.05, 0) is 31.1 Å². The van der Waals surface area contributed by atoms with E-state index >= 15 is 0 Å². The molecule has 0 aliphatic heterocycles. The summed E-state index contributed by atoms with van der Waals surface area (Å²) in [6.45, 7) is 7.75. The summed E-state index contributed by atoms with van der Waals surface area (Å²) in [7, 11) is 1.67. The first-order valence-corrected chi connectivity index (χ1v) is 11.8. The molecular weight excluding hydrogens is 456 g/mol. The van der Waals surface area contributed by atoms with E-state index in [1.165, 1.54) is 15.9 Å². The molecule has 0 N–H and O–H groups in total. The van der Waals surface area contributed by atoms with Gasteiger partial charge in [-0.2, -0.15) is 17.6 Å². The Bertz CT molecular complexity index is 1160. The molecule has 0 bridgehead atoms. The highest BCUT2D eigenvalue weighted by Crippen LogP contribution is 2.31. The molecule has 10 heteroatoms. The van der Waals surface area contributed by atoms with Crippen molar-refractivity contribution < 1.29 is 4.52 Å². The lowest BCUT2D eigenvalue weighted by Gasteiger charge is -2.13. The Balaban J connectivity index is 0.00000166. The van der Waals surface area contributed by atoms with E-state index in [1.54, 1.807) is 13.1 Å². The summed E-state index contributed by atoms with van der Waals surface area (Å²) in [6, 6.07) is 3.72. The van der Waals surface area contributed by atoms with Crippen molar-refractivity contribution in [3.63, 3.8) is 0 Å². The maximum atomic E-state index is 12.8. The maximum absolute atomic E-state index is 12.8. The number of hydrogen-bond acceptors (Lipinski definition) is 7. The molecule has 3 heterocycles. The Morgan fingerprint density at radius 2 is 1.97 bits per heavy atom. The summed E-state index contributed by atoms with van der Waals surface area (Å²) in [4.78, 5) is 30.6. The van der Waals surface area contributed by atoms with Crippen LogP contribution in [0.1, 0.15) is 60.8 Å². The molecule has 3 aromatic rings. The van der Waals surface area contributed by atoms with Crippen molar-refractivity contribution in [2.75, 3.05) is 0 Å². The largest absolute Gasteiger partial charge is 0.337 e. The van der Waals surface area contributed by atoms with Crippen LogP contribution in [0, 0.1) is 0 Å². The summed E-state index contributed by atoms with van der Waals surface area (Å²) in [5, 5.41) is 3.73. The Labute approximate surface area is 195 Å². The van der Waals surface area contributed by atoms with Crippen LogP contribution in [0.5, 0.6) is 0 Å². The maximum Gasteiger partial charge on any atom is 0.331 e. The molecule has 0 amide bonds. The van der Waals surface area contributed by atoms with Gasteiger partial charge in [-0.1, -0.05) is 50.5 Å². The number of hydrogen-bond donors (Lipinski definition) is 1. The van der Waals surface area contributed by atoms with E-state index in [0.29, 0.717) is 28.6 Å². The lowest BCUT2D eigenvalue weighted by Crippen LogP contribution is -2.42. The molecule has 0 aliphatic rings. The van der Waals surface area contributed by atoms with E-state index < -0.39 is 5.69 Å². The van der Waals surface area contributed by atoms with Crippen LogP contribution in [0.15, 0.2) is 32.3 Å². The minimum atomic E-state index is -0.399. The molecule has 0 saturated carbocycles. The highest BCUT2D eigenvalue weighted by atomic mass is 35.5. The van der Waals surface area contributed by atoms with Crippen LogP contribution in [-0.2, 0) is 26.4 Å². The minimum absolute atomic E-state index is 0.0752. The molecule has 0 spiro atoms. The highest BCUT2D eigenvalue weighted by molar-refractivity contribution is 7.80. The number of rotatable bonds is 7. The zero-order valence-electron chi connectivity index (χ0n) is 18.3. The summed E-state index contributed by atoms with van der Waals surface area (Å²) in [5.74, 6) is 0.525. The molecule has 31 heavy (non-hydrogen) atoms. The van der Waals surface area contributed by atoms with Crippen LogP contribution in [0.4, 0.5) is 0 Å². The quantitative estimate of drug-likeness (QED) is 0.500. The second-order valence-corrected chi connectivity index (χ2v) is 8.66. The van der Waals surface area contributed by atoms with Crippen LogP contribution in [-0.4, -0.2) is 19.3 Å². The van der Waals surface area contributed by atoms with Crippen molar-refractivity contribution in [3.8, 4) is 0 Å². The molecule has 0 fully saturated rings. The van der Waals surface area contributed by atoms with Gasteiger partial charge in [-0.15, -0.1) is 11.3 Å². The molecule has 3 aromatic heterocycles. The average Bonchev–Trinajstić information content (AvgIpc) is 3.42. The van der Waals surface area contributed by atoms with E-state index in [2.05, 4.69) is 22.8 Å². The predicted octanol–water partition coefficient (Wildman–Crippen LogP) is 4.53. The van der Waals surface area contributed by atoms with E-state index in [4.69, 9.17) is 16.1 Å². The second kappa shape index (κ2) is 11.5. The van der Waals surface area contributed by atoms with Gasteiger partial charge in [0.15, 0.2) is 5.82 Å². The number of aromatic nitrogens is 4. The zero-order valence-corrected chi connectivity index (χ0v) is 20.7. The molecule has 168 valence electrons. The van der Waals surface area contributed by atoms with Gasteiger partial charge in [0.1, 0.15) is 6.54 Å². The number of halogens is 1. The van der Waals surface area contributed by atoms with Gasteiger partial charge < -0.3 is 9.09 Å². The fourth-order valence-electron chi connectivity index (χ4n) is 3.11. The van der Waals surface area contributed by atoms with Crippen molar-refractivity contribution in [2.45, 2.75) is 52.3 Å². The van der Waals surface area contributed by atoms with Gasteiger partial charge in [-0.3, -0.25) is 9.36 Å². The third-order valence-electron chi connectivity index (χ3n) is 4.55. The van der Waals surface area contributed by atoms with Crippen molar-refractivity contribution in [1.82, 2.24) is 19.3 Å². The molecule has 0 saturated heterocycles. The third kappa shape index (κ3) is 5.78. The predicted molar refractivity (Wildman–Crippen MR) is 130 cm³/mol. The Morgan fingerprint density at radius 3 is 2.55 bits per heavy atom. The standard InChI is InChI=1S/C19H21ClN4O3S2.C2H6/c1-4-11-12(5-2)23(3)19(26)24(18(11)25)10-17-21-16(22-27-17)9-6-13(28)14-7-8-15(20)29-14;1-2/h6-9,13,28H,4-5,10H2,1-3H3;1-2H3/b9-6+;. The van der Waals surface area contributed by atoms with Crippen LogP contribution >= 0.6 is 35.6 Å². The van der Waals surface area contributed by atoms with Gasteiger partial charge in [0.25, 0.3) is 5.56 Å². The van der Waals surface area contributed by atoms with Crippen molar-refractivity contribution in [2.24, 2.45) is 7.05 Å². The second-order valence-electron chi connectivity index (χ2n) is 6.36. The molecule has 1 atom stereocenters. The highest BCUT2D eigenvalue weighted by Gasteiger charge is 2.17. The molecule has 7 nitrogen and oxygen atoms in total. The minimum Gasteiger partial charge on any atom is -0.337 e. The van der Waals surface area contributed by atoms with E-state index in [9.17, 15) is 9.59 Å². The van der Waals surface area contributed by atoms with Crippen LogP contribution in [0.3, 0.4) is 0 Å². The normalized spacial score (nSPS) is 12.1. The lowest BCUT2D eigenvalue weighted by atomic mass is 10.1. The van der Waals surface area contributed by atoms with E-state index in [1.807, 2.05) is 45.9 Å². The van der Waals surface area contributed by atoms with Crippen LogP contribution in [0.25, 0.3) is 6.08 Å². The molecular formula is C21H27ClN4O3S2. The van der Waals surface area contributed by atoms with Crippen molar-refractivity contribution in [1.29, 1.82) is 0 Å². The SMILES string of the molecule is CC.CCc1c(CC)n(C)c(=O)n(Cc2nc(/C=C/C(S)c3ccc(Cl)s3)no2)c1=O. The van der Waals surface area contributed by atoms with Gasteiger partial charge in [-0.25, -0.2) is 4.79 Å². The summed E-state index contributed by atoms with van der Waals surface area (Å²) < 4.78 is 8.57. The Hall–Kier alpha value is -2.10. The third-order valence-corrected chi connectivity index (χ3v) is 6.49. The van der Waals surface area contributed by atoms with Gasteiger partial charge in [0.05, 0.1) is 9.59 Å². The molecule has 0 aliphatic carbocycles. The van der Waals surface area contributed by atoms with Gasteiger partial charge in [0.2, 0.25) is 5.89 Å². The number of nitrogens with zero attached hydrogens (tertiary/aromatic N) is 4. The van der Waals surface area contributed by atoms with Gasteiger partial charge in [0, 0.05) is 23.2 Å². The topological polar surface area (TPSA) is 82.9 Å². The van der Waals surface area contributed by atoms with Gasteiger partial charge >= 0.3 is 5.69 Å². The monoisotopic (exact) mass is 482 g/mol. The van der Waals surface area contributed by atoms with Crippen molar-refractivity contribution in [3.05, 3.63) is 71.2 Å². The first kappa shape index (κ1) is 25.2.